The maximum atomic E-state index is 9.56. The van der Waals surface area contributed by atoms with Crippen LogP contribution < -0.4 is 15.2 Å². The number of hydrogen-bond donors (Lipinski definition) is 3. The Balaban J connectivity index is 2.25. The van der Waals surface area contributed by atoms with Crippen LogP contribution >= 0.6 is 0 Å². The fourth-order valence-corrected chi connectivity index (χ4v) is 1.71. The maximum absolute atomic E-state index is 9.56. The summed E-state index contributed by atoms with van der Waals surface area (Å²) in [6.45, 7) is 0.142. The van der Waals surface area contributed by atoms with E-state index in [0.717, 1.165) is 0 Å². The molecule has 0 amide bonds. The minimum absolute atomic E-state index is 0.0971. The number of rotatable bonds is 1. The Morgan fingerprint density at radius 3 is 2.94 bits per heavy atom. The Labute approximate surface area is 90.6 Å². The second-order valence-corrected chi connectivity index (χ2v) is 3.42. The van der Waals surface area contributed by atoms with Crippen LogP contribution in [0.15, 0.2) is 18.3 Å². The lowest BCUT2D eigenvalue weighted by atomic mass is 10.1. The number of nitrogens with two attached hydrogens (primary N) is 1. The van der Waals surface area contributed by atoms with Gasteiger partial charge in [-0.1, -0.05) is 0 Å². The van der Waals surface area contributed by atoms with Crippen molar-refractivity contribution in [2.75, 3.05) is 12.5 Å². The van der Waals surface area contributed by atoms with E-state index in [-0.39, 0.29) is 12.5 Å². The molecule has 2 heterocycles. The number of benzene rings is 1. The molecule has 0 spiro atoms. The second kappa shape index (κ2) is 3.06. The first-order chi connectivity index (χ1) is 7.75. The molecular formula is C10H9N3O3. The first-order valence-corrected chi connectivity index (χ1v) is 4.67. The third-order valence-corrected chi connectivity index (χ3v) is 2.42. The van der Waals surface area contributed by atoms with E-state index < -0.39 is 0 Å². The van der Waals surface area contributed by atoms with Gasteiger partial charge in [-0.05, 0) is 6.07 Å². The summed E-state index contributed by atoms with van der Waals surface area (Å²) >= 11 is 0. The number of hydrogen-bond acceptors (Lipinski definition) is 5. The molecule has 82 valence electrons. The van der Waals surface area contributed by atoms with Gasteiger partial charge >= 0.3 is 0 Å². The molecule has 0 saturated carbocycles. The number of nitrogens with zero attached hydrogens (tertiary/aromatic N) is 1. The summed E-state index contributed by atoms with van der Waals surface area (Å²) in [5, 5.41) is 16.0. The van der Waals surface area contributed by atoms with Gasteiger partial charge in [0.2, 0.25) is 6.79 Å². The molecule has 4 N–H and O–H groups in total. The molecule has 1 aromatic carbocycles. The quantitative estimate of drug-likeness (QED) is 0.667. The Kier molecular flexibility index (Phi) is 1.70. The number of nitrogens with one attached hydrogen (secondary N) is 1. The van der Waals surface area contributed by atoms with Crippen molar-refractivity contribution in [2.24, 2.45) is 0 Å². The molecule has 0 saturated heterocycles. The number of ether oxygens (including phenoxy) is 2. The highest BCUT2D eigenvalue weighted by Gasteiger charge is 2.22. The Bertz CT molecular complexity index is 550. The van der Waals surface area contributed by atoms with E-state index >= 15 is 0 Å². The minimum Gasteiger partial charge on any atom is -0.508 e. The van der Waals surface area contributed by atoms with Gasteiger partial charge in [-0.2, -0.15) is 5.10 Å². The number of phenolic OH excluding ortho intramolecular Hbond substituents is 1. The summed E-state index contributed by atoms with van der Waals surface area (Å²) in [7, 11) is 0. The SMILES string of the molecule is Nc1[nH]ncc1-c1cc(O)cc2c1OCO2. The van der Waals surface area contributed by atoms with E-state index in [1.165, 1.54) is 6.07 Å². The van der Waals surface area contributed by atoms with Crippen molar-refractivity contribution < 1.29 is 14.6 Å². The number of H-pyrrole nitrogens is 1. The number of anilines is 1. The van der Waals surface area contributed by atoms with Crippen molar-refractivity contribution in [1.82, 2.24) is 10.2 Å². The lowest BCUT2D eigenvalue weighted by molar-refractivity contribution is 0.174. The maximum Gasteiger partial charge on any atom is 0.231 e. The zero-order chi connectivity index (χ0) is 11.1. The summed E-state index contributed by atoms with van der Waals surface area (Å²) in [5.41, 5.74) is 7.06. The molecule has 0 atom stereocenters. The molecule has 1 aliphatic rings. The van der Waals surface area contributed by atoms with Crippen molar-refractivity contribution >= 4 is 5.82 Å². The fraction of sp³-hybridized carbons (Fsp3) is 0.100. The molecule has 0 radical (unpaired) electrons. The van der Waals surface area contributed by atoms with Gasteiger partial charge in [-0.3, -0.25) is 5.10 Å². The topological polar surface area (TPSA) is 93.4 Å². The van der Waals surface area contributed by atoms with Gasteiger partial charge in [0.25, 0.3) is 0 Å². The fourth-order valence-electron chi connectivity index (χ4n) is 1.71. The largest absolute Gasteiger partial charge is 0.508 e. The normalized spacial score (nSPS) is 13.0. The van der Waals surface area contributed by atoms with Gasteiger partial charge in [0.05, 0.1) is 6.20 Å². The number of phenols is 1. The Morgan fingerprint density at radius 1 is 1.31 bits per heavy atom. The summed E-state index contributed by atoms with van der Waals surface area (Å²) < 4.78 is 10.5. The molecule has 1 aliphatic heterocycles. The van der Waals surface area contributed by atoms with Crippen LogP contribution in [0.4, 0.5) is 5.82 Å². The van der Waals surface area contributed by atoms with Gasteiger partial charge in [0, 0.05) is 17.2 Å². The summed E-state index contributed by atoms with van der Waals surface area (Å²) in [5.74, 6) is 1.60. The van der Waals surface area contributed by atoms with E-state index in [0.29, 0.717) is 28.4 Å². The zero-order valence-corrected chi connectivity index (χ0v) is 8.23. The number of aromatic amines is 1. The number of fused-ring (bicyclic) bond motifs is 1. The van der Waals surface area contributed by atoms with E-state index in [2.05, 4.69) is 10.2 Å². The monoisotopic (exact) mass is 219 g/mol. The highest BCUT2D eigenvalue weighted by Crippen LogP contribution is 2.45. The predicted molar refractivity (Wildman–Crippen MR) is 56.2 cm³/mol. The van der Waals surface area contributed by atoms with Crippen LogP contribution in [0.3, 0.4) is 0 Å². The number of aromatic nitrogens is 2. The Hall–Kier alpha value is -2.37. The van der Waals surface area contributed by atoms with Gasteiger partial charge in [0.15, 0.2) is 11.5 Å². The molecule has 0 fully saturated rings. The van der Waals surface area contributed by atoms with E-state index in [9.17, 15) is 5.11 Å². The lowest BCUT2D eigenvalue weighted by Gasteiger charge is -2.05. The van der Waals surface area contributed by atoms with Crippen LogP contribution in [-0.4, -0.2) is 22.1 Å². The third-order valence-electron chi connectivity index (χ3n) is 2.42. The van der Waals surface area contributed by atoms with Gasteiger partial charge in [0.1, 0.15) is 11.6 Å². The first-order valence-electron chi connectivity index (χ1n) is 4.67. The molecule has 6 nitrogen and oxygen atoms in total. The minimum atomic E-state index is 0.0971. The molecule has 0 unspecified atom stereocenters. The van der Waals surface area contributed by atoms with Gasteiger partial charge in [-0.15, -0.1) is 0 Å². The average molecular weight is 219 g/mol. The van der Waals surface area contributed by atoms with Crippen LogP contribution in [0, 0.1) is 0 Å². The number of nitrogen functional groups attached to an aromatic ring is 1. The van der Waals surface area contributed by atoms with E-state index in [4.69, 9.17) is 15.2 Å². The van der Waals surface area contributed by atoms with Crippen LogP contribution in [0.2, 0.25) is 0 Å². The lowest BCUT2D eigenvalue weighted by Crippen LogP contribution is -1.94. The average Bonchev–Trinajstić information content (AvgIpc) is 2.84. The molecule has 1 aromatic heterocycles. The van der Waals surface area contributed by atoms with Crippen molar-refractivity contribution in [3.05, 3.63) is 18.3 Å². The van der Waals surface area contributed by atoms with E-state index in [1.807, 2.05) is 0 Å². The highest BCUT2D eigenvalue weighted by atomic mass is 16.7. The summed E-state index contributed by atoms with van der Waals surface area (Å²) in [6.07, 6.45) is 1.58. The predicted octanol–water partition coefficient (Wildman–Crippen LogP) is 1.09. The molecule has 6 heteroatoms. The molecule has 0 bridgehead atoms. The molecule has 2 aromatic rings. The van der Waals surface area contributed by atoms with Crippen LogP contribution in [0.5, 0.6) is 17.2 Å². The molecule has 0 aliphatic carbocycles. The zero-order valence-electron chi connectivity index (χ0n) is 8.23. The second-order valence-electron chi connectivity index (χ2n) is 3.42. The van der Waals surface area contributed by atoms with Gasteiger partial charge in [-0.25, -0.2) is 0 Å². The Morgan fingerprint density at radius 2 is 2.19 bits per heavy atom. The molecular weight excluding hydrogens is 210 g/mol. The van der Waals surface area contributed by atoms with Crippen LogP contribution in [0.25, 0.3) is 11.1 Å². The van der Waals surface area contributed by atoms with E-state index in [1.54, 1.807) is 12.3 Å². The summed E-state index contributed by atoms with van der Waals surface area (Å²) in [4.78, 5) is 0. The van der Waals surface area contributed by atoms with Crippen molar-refractivity contribution in [3.8, 4) is 28.4 Å². The first kappa shape index (κ1) is 8.90. The van der Waals surface area contributed by atoms with Crippen molar-refractivity contribution in [2.45, 2.75) is 0 Å². The van der Waals surface area contributed by atoms with Crippen LogP contribution in [-0.2, 0) is 0 Å². The molecule has 16 heavy (non-hydrogen) atoms. The molecule has 3 rings (SSSR count). The highest BCUT2D eigenvalue weighted by molar-refractivity contribution is 5.81. The van der Waals surface area contributed by atoms with Crippen molar-refractivity contribution in [3.63, 3.8) is 0 Å². The van der Waals surface area contributed by atoms with Gasteiger partial charge < -0.3 is 20.3 Å². The standard InChI is InChI=1S/C10H9N3O3/c11-10-7(3-12-13-10)6-1-5(14)2-8-9(6)16-4-15-8/h1-3,14H,4H2,(H3,11,12,13). The number of aromatic hydroxyl groups is 1. The third kappa shape index (κ3) is 1.16. The smallest absolute Gasteiger partial charge is 0.231 e. The summed E-state index contributed by atoms with van der Waals surface area (Å²) in [6, 6.07) is 3.07. The van der Waals surface area contributed by atoms with Crippen LogP contribution in [0.1, 0.15) is 0 Å². The van der Waals surface area contributed by atoms with Crippen molar-refractivity contribution in [1.29, 1.82) is 0 Å².